The van der Waals surface area contributed by atoms with E-state index in [0.29, 0.717) is 0 Å². The van der Waals surface area contributed by atoms with Gasteiger partial charge < -0.3 is 5.11 Å². The molecular weight excluding hydrogens is 182 g/mol. The van der Waals surface area contributed by atoms with Crippen molar-refractivity contribution in [2.24, 2.45) is 23.7 Å². The fourth-order valence-corrected chi connectivity index (χ4v) is 3.08. The second-order valence-corrected chi connectivity index (χ2v) is 4.32. The first-order valence-corrected chi connectivity index (χ1v) is 4.80. The van der Waals surface area contributed by atoms with Gasteiger partial charge in [0.15, 0.2) is 0 Å². The van der Waals surface area contributed by atoms with Crippen LogP contribution in [0.15, 0.2) is 12.2 Å². The van der Waals surface area contributed by atoms with Crippen molar-refractivity contribution in [2.45, 2.75) is 6.10 Å². The van der Waals surface area contributed by atoms with Crippen molar-refractivity contribution in [3.63, 3.8) is 0 Å². The molecule has 74 valence electrons. The Balaban J connectivity index is 2.08. The minimum atomic E-state index is -0.522. The zero-order chi connectivity index (χ0) is 10.0. The summed E-state index contributed by atoms with van der Waals surface area (Å²) in [6, 6.07) is 0. The standard InChI is InChI=1S/C10H11NO3/c1-11-9(13)6-4-2-3-5(8(4)12)7(6)10(11)14/h2-8,12H,1H3. The SMILES string of the molecule is CN1C(=O)C2C3C=CC(C3O)C2C1=O. The lowest BCUT2D eigenvalue weighted by Crippen LogP contribution is -2.32. The molecule has 0 radical (unpaired) electrons. The number of amides is 2. The van der Waals surface area contributed by atoms with Gasteiger partial charge in [-0.05, 0) is 0 Å². The molecule has 1 saturated carbocycles. The Hall–Kier alpha value is -1.16. The Labute approximate surface area is 81.2 Å². The highest BCUT2D eigenvalue weighted by molar-refractivity contribution is 6.06. The van der Waals surface area contributed by atoms with Crippen LogP contribution in [0.1, 0.15) is 0 Å². The molecule has 1 saturated heterocycles. The van der Waals surface area contributed by atoms with E-state index in [4.69, 9.17) is 0 Å². The third kappa shape index (κ3) is 0.661. The van der Waals surface area contributed by atoms with Gasteiger partial charge in [0.05, 0.1) is 17.9 Å². The number of carbonyl (C=O) groups excluding carboxylic acids is 2. The Morgan fingerprint density at radius 3 is 2.00 bits per heavy atom. The molecule has 4 heteroatoms. The van der Waals surface area contributed by atoms with Crippen LogP contribution in [-0.4, -0.2) is 35.0 Å². The van der Waals surface area contributed by atoms with Crippen LogP contribution in [0, 0.1) is 23.7 Å². The Morgan fingerprint density at radius 1 is 1.14 bits per heavy atom. The quantitative estimate of drug-likeness (QED) is 0.412. The normalized spacial score (nSPS) is 49.3. The van der Waals surface area contributed by atoms with Gasteiger partial charge in [0, 0.05) is 18.9 Å². The number of aliphatic hydroxyl groups is 1. The van der Waals surface area contributed by atoms with Crippen molar-refractivity contribution >= 4 is 11.8 Å². The molecule has 2 aliphatic carbocycles. The van der Waals surface area contributed by atoms with Crippen LogP contribution in [0.5, 0.6) is 0 Å². The Kier molecular flexibility index (Phi) is 1.32. The van der Waals surface area contributed by atoms with Crippen molar-refractivity contribution in [1.29, 1.82) is 0 Å². The van der Waals surface area contributed by atoms with Crippen molar-refractivity contribution < 1.29 is 14.7 Å². The van der Waals surface area contributed by atoms with Crippen LogP contribution < -0.4 is 0 Å². The molecule has 2 bridgehead atoms. The molecule has 1 aliphatic heterocycles. The second kappa shape index (κ2) is 2.25. The van der Waals surface area contributed by atoms with E-state index in [1.54, 1.807) is 0 Å². The first-order chi connectivity index (χ1) is 6.63. The average molecular weight is 193 g/mol. The number of hydrogen-bond acceptors (Lipinski definition) is 3. The van der Waals surface area contributed by atoms with Gasteiger partial charge in [-0.1, -0.05) is 12.2 Å². The molecule has 2 fully saturated rings. The molecule has 3 rings (SSSR count). The molecule has 14 heavy (non-hydrogen) atoms. The molecule has 4 unspecified atom stereocenters. The summed E-state index contributed by atoms with van der Waals surface area (Å²) >= 11 is 0. The van der Waals surface area contributed by atoms with Crippen molar-refractivity contribution in [3.05, 3.63) is 12.2 Å². The predicted octanol–water partition coefficient (Wildman–Crippen LogP) is -0.606. The van der Waals surface area contributed by atoms with E-state index in [1.807, 2.05) is 12.2 Å². The van der Waals surface area contributed by atoms with E-state index in [1.165, 1.54) is 11.9 Å². The molecule has 0 aromatic carbocycles. The van der Waals surface area contributed by atoms with Gasteiger partial charge in [0.1, 0.15) is 0 Å². The van der Waals surface area contributed by atoms with E-state index >= 15 is 0 Å². The maximum Gasteiger partial charge on any atom is 0.233 e. The summed E-state index contributed by atoms with van der Waals surface area (Å²) < 4.78 is 0. The molecule has 4 nitrogen and oxygen atoms in total. The van der Waals surface area contributed by atoms with Gasteiger partial charge in [-0.25, -0.2) is 0 Å². The van der Waals surface area contributed by atoms with Gasteiger partial charge in [-0.15, -0.1) is 0 Å². The van der Waals surface area contributed by atoms with Crippen molar-refractivity contribution in [1.82, 2.24) is 4.90 Å². The van der Waals surface area contributed by atoms with Gasteiger partial charge in [0.2, 0.25) is 11.8 Å². The number of nitrogens with zero attached hydrogens (tertiary/aromatic N) is 1. The fraction of sp³-hybridized carbons (Fsp3) is 0.600. The monoisotopic (exact) mass is 193 g/mol. The highest BCUT2D eigenvalue weighted by Crippen LogP contribution is 2.52. The van der Waals surface area contributed by atoms with Gasteiger partial charge in [-0.2, -0.15) is 0 Å². The molecule has 0 aromatic rings. The first-order valence-electron chi connectivity index (χ1n) is 4.80. The zero-order valence-electron chi connectivity index (χ0n) is 7.75. The van der Waals surface area contributed by atoms with Gasteiger partial charge in [-0.3, -0.25) is 14.5 Å². The number of likely N-dealkylation sites (tertiary alicyclic amines) is 1. The van der Waals surface area contributed by atoms with Crippen molar-refractivity contribution in [2.75, 3.05) is 7.05 Å². The zero-order valence-corrected chi connectivity index (χ0v) is 7.75. The lowest BCUT2D eigenvalue weighted by atomic mass is 9.85. The summed E-state index contributed by atoms with van der Waals surface area (Å²) in [4.78, 5) is 24.6. The van der Waals surface area contributed by atoms with E-state index in [0.717, 1.165) is 0 Å². The van der Waals surface area contributed by atoms with Gasteiger partial charge in [0.25, 0.3) is 0 Å². The molecule has 0 spiro atoms. The summed E-state index contributed by atoms with van der Waals surface area (Å²) in [6.45, 7) is 0. The van der Waals surface area contributed by atoms with E-state index < -0.39 is 6.10 Å². The van der Waals surface area contributed by atoms with E-state index in [2.05, 4.69) is 0 Å². The minimum Gasteiger partial charge on any atom is -0.392 e. The van der Waals surface area contributed by atoms with Crippen LogP contribution in [0.3, 0.4) is 0 Å². The predicted molar refractivity (Wildman–Crippen MR) is 46.9 cm³/mol. The van der Waals surface area contributed by atoms with Crippen LogP contribution in [0.4, 0.5) is 0 Å². The largest absolute Gasteiger partial charge is 0.392 e. The average Bonchev–Trinajstić information content (AvgIpc) is 2.74. The minimum absolute atomic E-state index is 0.129. The maximum atomic E-state index is 11.7. The maximum absolute atomic E-state index is 11.7. The molecular formula is C10H11NO3. The molecule has 4 atom stereocenters. The van der Waals surface area contributed by atoms with Crippen LogP contribution in [-0.2, 0) is 9.59 Å². The lowest BCUT2D eigenvalue weighted by Gasteiger charge is -2.14. The topological polar surface area (TPSA) is 57.6 Å². The number of aliphatic hydroxyl groups excluding tert-OH is 1. The third-order valence-corrected chi connectivity index (χ3v) is 3.79. The van der Waals surface area contributed by atoms with Gasteiger partial charge >= 0.3 is 0 Å². The number of hydrogen-bond donors (Lipinski definition) is 1. The first kappa shape index (κ1) is 8.17. The Bertz CT molecular complexity index is 330. The van der Waals surface area contributed by atoms with E-state index in [-0.39, 0.29) is 35.5 Å². The highest BCUT2D eigenvalue weighted by atomic mass is 16.3. The number of imide groups is 1. The van der Waals surface area contributed by atoms with Crippen LogP contribution in [0.25, 0.3) is 0 Å². The second-order valence-electron chi connectivity index (χ2n) is 4.32. The summed E-state index contributed by atoms with van der Waals surface area (Å²) in [5, 5.41) is 9.77. The number of fused-ring (bicyclic) bond motifs is 5. The summed E-state index contributed by atoms with van der Waals surface area (Å²) in [7, 11) is 1.52. The van der Waals surface area contributed by atoms with Crippen LogP contribution >= 0.6 is 0 Å². The fourth-order valence-electron chi connectivity index (χ4n) is 3.08. The molecule has 3 aliphatic rings. The third-order valence-electron chi connectivity index (χ3n) is 3.79. The van der Waals surface area contributed by atoms with Crippen LogP contribution in [0.2, 0.25) is 0 Å². The summed E-state index contributed by atoms with van der Waals surface area (Å²) in [5.41, 5.74) is 0. The summed E-state index contributed by atoms with van der Waals surface area (Å²) in [6.07, 6.45) is 3.23. The van der Waals surface area contributed by atoms with Crippen molar-refractivity contribution in [3.8, 4) is 0 Å². The Morgan fingerprint density at radius 2 is 1.57 bits per heavy atom. The lowest BCUT2D eigenvalue weighted by molar-refractivity contribution is -0.139. The molecule has 1 heterocycles. The number of carbonyl (C=O) groups is 2. The molecule has 2 amide bonds. The highest BCUT2D eigenvalue weighted by Gasteiger charge is 2.62. The van der Waals surface area contributed by atoms with E-state index in [9.17, 15) is 14.7 Å². The molecule has 1 N–H and O–H groups in total. The number of rotatable bonds is 0. The summed E-state index contributed by atoms with van der Waals surface area (Å²) in [5.74, 6) is -1.11. The molecule has 0 aromatic heterocycles. The smallest absolute Gasteiger partial charge is 0.233 e.